The predicted octanol–water partition coefficient (Wildman–Crippen LogP) is 1.51. The summed E-state index contributed by atoms with van der Waals surface area (Å²) in [6.45, 7) is 3.54. The largest absolute Gasteiger partial charge is 0.369 e. The van der Waals surface area contributed by atoms with Crippen LogP contribution in [0.1, 0.15) is 12.5 Å². The summed E-state index contributed by atoms with van der Waals surface area (Å²) < 4.78 is 3.74. The minimum Gasteiger partial charge on any atom is -0.369 e. The first kappa shape index (κ1) is 12.5. The zero-order valence-electron chi connectivity index (χ0n) is 11.5. The van der Waals surface area contributed by atoms with Crippen molar-refractivity contribution in [1.29, 1.82) is 0 Å². The average molecular weight is 271 g/mol. The molecule has 0 amide bonds. The standard InChI is InChI=1S/C13H17N7/c1-3-14-11-9-20-5-4-15-13(20)12(18-11)16-6-10-7-17-19(2)8-10/h4-5,7-9,14H,3,6H2,1-2H3,(H,16,18). The van der Waals surface area contributed by atoms with Crippen LogP contribution in [0.2, 0.25) is 0 Å². The van der Waals surface area contributed by atoms with Crippen LogP contribution < -0.4 is 10.6 Å². The van der Waals surface area contributed by atoms with Crippen molar-refractivity contribution in [3.8, 4) is 0 Å². The summed E-state index contributed by atoms with van der Waals surface area (Å²) in [5.41, 5.74) is 1.92. The third-order valence-electron chi connectivity index (χ3n) is 2.95. The van der Waals surface area contributed by atoms with E-state index >= 15 is 0 Å². The maximum atomic E-state index is 4.55. The lowest BCUT2D eigenvalue weighted by Crippen LogP contribution is -2.07. The van der Waals surface area contributed by atoms with Crippen LogP contribution in [0.5, 0.6) is 0 Å². The van der Waals surface area contributed by atoms with Crippen LogP contribution in [-0.4, -0.2) is 30.7 Å². The number of anilines is 2. The van der Waals surface area contributed by atoms with Gasteiger partial charge in [0.05, 0.1) is 12.4 Å². The summed E-state index contributed by atoms with van der Waals surface area (Å²) in [5.74, 6) is 1.59. The van der Waals surface area contributed by atoms with Gasteiger partial charge < -0.3 is 15.0 Å². The highest BCUT2D eigenvalue weighted by molar-refractivity contribution is 5.65. The van der Waals surface area contributed by atoms with Gasteiger partial charge in [0, 0.05) is 44.3 Å². The van der Waals surface area contributed by atoms with Gasteiger partial charge in [-0.05, 0) is 6.92 Å². The van der Waals surface area contributed by atoms with E-state index in [1.165, 1.54) is 0 Å². The molecule has 7 nitrogen and oxygen atoms in total. The Morgan fingerprint density at radius 1 is 1.25 bits per heavy atom. The number of aromatic nitrogens is 5. The summed E-state index contributed by atoms with van der Waals surface area (Å²) in [7, 11) is 1.90. The molecule has 0 aliphatic rings. The van der Waals surface area contributed by atoms with E-state index in [1.807, 2.05) is 43.2 Å². The van der Waals surface area contributed by atoms with Gasteiger partial charge in [-0.1, -0.05) is 0 Å². The van der Waals surface area contributed by atoms with Gasteiger partial charge in [0.1, 0.15) is 5.82 Å². The molecule has 0 fully saturated rings. The van der Waals surface area contributed by atoms with Crippen molar-refractivity contribution in [2.45, 2.75) is 13.5 Å². The lowest BCUT2D eigenvalue weighted by Gasteiger charge is -2.09. The second-order valence-electron chi connectivity index (χ2n) is 4.54. The van der Waals surface area contributed by atoms with E-state index in [0.717, 1.165) is 29.4 Å². The Kier molecular flexibility index (Phi) is 3.24. The molecule has 2 N–H and O–H groups in total. The minimum atomic E-state index is 0.666. The van der Waals surface area contributed by atoms with E-state index in [2.05, 4.69) is 25.7 Å². The van der Waals surface area contributed by atoms with Crippen molar-refractivity contribution in [2.24, 2.45) is 7.05 Å². The Morgan fingerprint density at radius 2 is 2.15 bits per heavy atom. The molecule has 0 bridgehead atoms. The third kappa shape index (κ3) is 2.42. The molecule has 0 unspecified atom stereocenters. The monoisotopic (exact) mass is 271 g/mol. The topological polar surface area (TPSA) is 72.1 Å². The van der Waals surface area contributed by atoms with Gasteiger partial charge in [0.25, 0.3) is 0 Å². The van der Waals surface area contributed by atoms with Crippen LogP contribution in [0.25, 0.3) is 5.65 Å². The van der Waals surface area contributed by atoms with Gasteiger partial charge >= 0.3 is 0 Å². The van der Waals surface area contributed by atoms with Crippen molar-refractivity contribution in [3.05, 3.63) is 36.5 Å². The number of aryl methyl sites for hydroxylation is 1. The SMILES string of the molecule is CCNc1cn2ccnc2c(NCc2cnn(C)c2)n1. The number of hydrogen-bond donors (Lipinski definition) is 2. The molecule has 3 aromatic rings. The van der Waals surface area contributed by atoms with Crippen LogP contribution in [0.15, 0.2) is 31.0 Å². The van der Waals surface area contributed by atoms with Crippen LogP contribution in [0.3, 0.4) is 0 Å². The molecule has 3 rings (SSSR count). The van der Waals surface area contributed by atoms with Crippen molar-refractivity contribution >= 4 is 17.3 Å². The van der Waals surface area contributed by atoms with Crippen molar-refractivity contribution in [1.82, 2.24) is 24.1 Å². The molecule has 3 heterocycles. The van der Waals surface area contributed by atoms with E-state index in [4.69, 9.17) is 0 Å². The van der Waals surface area contributed by atoms with Crippen molar-refractivity contribution < 1.29 is 0 Å². The fourth-order valence-electron chi connectivity index (χ4n) is 2.07. The summed E-state index contributed by atoms with van der Waals surface area (Å²) in [4.78, 5) is 8.88. The van der Waals surface area contributed by atoms with E-state index in [-0.39, 0.29) is 0 Å². The Labute approximate surface area is 116 Å². The Morgan fingerprint density at radius 3 is 2.90 bits per heavy atom. The Hall–Kier alpha value is -2.57. The number of fused-ring (bicyclic) bond motifs is 1. The fraction of sp³-hybridized carbons (Fsp3) is 0.308. The first-order valence-electron chi connectivity index (χ1n) is 6.55. The van der Waals surface area contributed by atoms with Crippen LogP contribution in [0, 0.1) is 0 Å². The summed E-state index contributed by atoms with van der Waals surface area (Å²) in [6, 6.07) is 0. The smallest absolute Gasteiger partial charge is 0.180 e. The van der Waals surface area contributed by atoms with E-state index < -0.39 is 0 Å². The van der Waals surface area contributed by atoms with Crippen LogP contribution >= 0.6 is 0 Å². The highest BCUT2D eigenvalue weighted by Gasteiger charge is 2.07. The molecule has 7 heteroatoms. The molecule has 0 aliphatic carbocycles. The molecular weight excluding hydrogens is 254 g/mol. The van der Waals surface area contributed by atoms with Crippen LogP contribution in [0.4, 0.5) is 11.6 Å². The first-order valence-corrected chi connectivity index (χ1v) is 6.55. The van der Waals surface area contributed by atoms with E-state index in [0.29, 0.717) is 6.54 Å². The van der Waals surface area contributed by atoms with Gasteiger partial charge in [-0.3, -0.25) is 4.68 Å². The molecule has 0 aromatic carbocycles. The molecule has 3 aromatic heterocycles. The second-order valence-corrected chi connectivity index (χ2v) is 4.54. The predicted molar refractivity (Wildman–Crippen MR) is 77.7 cm³/mol. The number of nitrogens with zero attached hydrogens (tertiary/aromatic N) is 5. The van der Waals surface area contributed by atoms with E-state index in [1.54, 1.807) is 10.9 Å². The molecule has 104 valence electrons. The molecule has 0 aliphatic heterocycles. The van der Waals surface area contributed by atoms with Gasteiger partial charge in [0.2, 0.25) is 0 Å². The van der Waals surface area contributed by atoms with Gasteiger partial charge in [-0.25, -0.2) is 9.97 Å². The summed E-state index contributed by atoms with van der Waals surface area (Å²) in [5, 5.41) is 10.7. The number of nitrogens with one attached hydrogen (secondary N) is 2. The minimum absolute atomic E-state index is 0.666. The number of rotatable bonds is 5. The molecule has 0 saturated heterocycles. The fourth-order valence-corrected chi connectivity index (χ4v) is 2.07. The molecular formula is C13H17N7. The van der Waals surface area contributed by atoms with Crippen molar-refractivity contribution in [2.75, 3.05) is 17.2 Å². The Balaban J connectivity index is 1.87. The third-order valence-corrected chi connectivity index (χ3v) is 2.95. The second kappa shape index (κ2) is 5.20. The summed E-state index contributed by atoms with van der Waals surface area (Å²) >= 11 is 0. The quantitative estimate of drug-likeness (QED) is 0.736. The zero-order valence-corrected chi connectivity index (χ0v) is 11.5. The number of hydrogen-bond acceptors (Lipinski definition) is 5. The normalized spacial score (nSPS) is 10.9. The average Bonchev–Trinajstić information content (AvgIpc) is 3.05. The number of imidazole rings is 1. The first-order chi connectivity index (χ1) is 9.76. The van der Waals surface area contributed by atoms with E-state index in [9.17, 15) is 0 Å². The molecule has 0 spiro atoms. The zero-order chi connectivity index (χ0) is 13.9. The molecule has 0 saturated carbocycles. The highest BCUT2D eigenvalue weighted by atomic mass is 15.2. The Bertz CT molecular complexity index is 712. The summed E-state index contributed by atoms with van der Waals surface area (Å²) in [6.07, 6.45) is 9.42. The van der Waals surface area contributed by atoms with Crippen LogP contribution in [-0.2, 0) is 13.6 Å². The molecule has 0 atom stereocenters. The van der Waals surface area contributed by atoms with Gasteiger partial charge in [-0.15, -0.1) is 0 Å². The van der Waals surface area contributed by atoms with Crippen molar-refractivity contribution in [3.63, 3.8) is 0 Å². The highest BCUT2D eigenvalue weighted by Crippen LogP contribution is 2.17. The van der Waals surface area contributed by atoms with Gasteiger partial charge in [-0.2, -0.15) is 5.10 Å². The lowest BCUT2D eigenvalue weighted by molar-refractivity contribution is 0.767. The van der Waals surface area contributed by atoms with Gasteiger partial charge in [0.15, 0.2) is 11.5 Å². The molecule has 20 heavy (non-hydrogen) atoms. The maximum absolute atomic E-state index is 4.55. The maximum Gasteiger partial charge on any atom is 0.180 e. The lowest BCUT2D eigenvalue weighted by atomic mass is 10.3. The molecule has 0 radical (unpaired) electrons.